The van der Waals surface area contributed by atoms with E-state index in [9.17, 15) is 13.2 Å². The van der Waals surface area contributed by atoms with Gasteiger partial charge >= 0.3 is 5.97 Å². The Labute approximate surface area is 87.8 Å². The summed E-state index contributed by atoms with van der Waals surface area (Å²) in [5, 5.41) is -1.03. The predicted octanol–water partition coefficient (Wildman–Crippen LogP) is 0.776. The maximum Gasteiger partial charge on any atom is 0.324 e. The van der Waals surface area contributed by atoms with Crippen LogP contribution >= 0.6 is 0 Å². The molecule has 0 spiro atoms. The smallest absolute Gasteiger partial charge is 0.324 e. The van der Waals surface area contributed by atoms with Gasteiger partial charge in [-0.25, -0.2) is 8.42 Å². The molecule has 1 atom stereocenters. The van der Waals surface area contributed by atoms with Crippen molar-refractivity contribution in [3.63, 3.8) is 0 Å². The van der Waals surface area contributed by atoms with Gasteiger partial charge in [0.15, 0.2) is 15.1 Å². The Morgan fingerprint density at radius 1 is 1.20 bits per heavy atom. The largest absolute Gasteiger partial charge is 0.465 e. The lowest BCUT2D eigenvalue weighted by atomic mass is 10.4. The van der Waals surface area contributed by atoms with Crippen molar-refractivity contribution in [3.8, 4) is 0 Å². The second kappa shape index (κ2) is 3.66. The zero-order chi connectivity index (χ0) is 10.9. The van der Waals surface area contributed by atoms with Crippen molar-refractivity contribution >= 4 is 15.8 Å². The first kappa shape index (κ1) is 10.2. The Morgan fingerprint density at radius 3 is 2.40 bits per heavy atom. The second-order valence-electron chi connectivity index (χ2n) is 3.30. The van der Waals surface area contributed by atoms with E-state index in [0.717, 1.165) is 0 Å². The van der Waals surface area contributed by atoms with Crippen molar-refractivity contribution in [1.29, 1.82) is 0 Å². The molecule has 0 N–H and O–H groups in total. The molecule has 1 heterocycles. The van der Waals surface area contributed by atoms with Crippen LogP contribution in [0, 0.1) is 0 Å². The molecule has 0 radical (unpaired) electrons. The van der Waals surface area contributed by atoms with E-state index in [2.05, 4.69) is 4.74 Å². The Hall–Kier alpha value is -1.36. The molecule has 1 unspecified atom stereocenters. The molecule has 0 saturated carbocycles. The summed E-state index contributed by atoms with van der Waals surface area (Å²) < 4.78 is 28.5. The lowest BCUT2D eigenvalue weighted by Crippen LogP contribution is -2.25. The van der Waals surface area contributed by atoms with Crippen LogP contribution in [0.1, 0.15) is 6.42 Å². The molecule has 2 rings (SSSR count). The lowest BCUT2D eigenvalue weighted by Gasteiger charge is -2.07. The fraction of sp³-hybridized carbons (Fsp3) is 0.300. The van der Waals surface area contributed by atoms with Crippen LogP contribution < -0.4 is 0 Å². The van der Waals surface area contributed by atoms with Gasteiger partial charge in [-0.3, -0.25) is 4.79 Å². The number of rotatable bonds is 2. The zero-order valence-electron chi connectivity index (χ0n) is 7.92. The van der Waals surface area contributed by atoms with Crippen molar-refractivity contribution in [2.75, 3.05) is 6.61 Å². The highest BCUT2D eigenvalue weighted by molar-refractivity contribution is 7.92. The first-order valence-corrected chi connectivity index (χ1v) is 6.12. The van der Waals surface area contributed by atoms with Crippen molar-refractivity contribution in [1.82, 2.24) is 0 Å². The summed E-state index contributed by atoms with van der Waals surface area (Å²) in [7, 11) is -3.56. The molecule has 0 amide bonds. The minimum atomic E-state index is -3.56. The summed E-state index contributed by atoms with van der Waals surface area (Å²) in [6.07, 6.45) is 0.246. The zero-order valence-corrected chi connectivity index (χ0v) is 8.74. The van der Waals surface area contributed by atoms with Crippen LogP contribution in [0.2, 0.25) is 0 Å². The van der Waals surface area contributed by atoms with Gasteiger partial charge in [0.05, 0.1) is 11.5 Å². The number of benzene rings is 1. The van der Waals surface area contributed by atoms with Gasteiger partial charge < -0.3 is 4.74 Å². The van der Waals surface area contributed by atoms with E-state index in [1.165, 1.54) is 12.1 Å². The average Bonchev–Trinajstić information content (AvgIpc) is 2.66. The van der Waals surface area contributed by atoms with E-state index < -0.39 is 21.1 Å². The Morgan fingerprint density at radius 2 is 1.87 bits per heavy atom. The highest BCUT2D eigenvalue weighted by Gasteiger charge is 2.39. The van der Waals surface area contributed by atoms with Crippen LogP contribution in [-0.2, 0) is 19.4 Å². The summed E-state index contributed by atoms with van der Waals surface area (Å²) in [6, 6.07) is 7.97. The summed E-state index contributed by atoms with van der Waals surface area (Å²) >= 11 is 0. The molecule has 4 nitrogen and oxygen atoms in total. The molecule has 0 bridgehead atoms. The van der Waals surface area contributed by atoms with Gasteiger partial charge in [0.2, 0.25) is 0 Å². The van der Waals surface area contributed by atoms with E-state index in [4.69, 9.17) is 0 Å². The summed E-state index contributed by atoms with van der Waals surface area (Å²) in [5.41, 5.74) is 0. The number of hydrogen-bond acceptors (Lipinski definition) is 4. The molecular weight excluding hydrogens is 216 g/mol. The van der Waals surface area contributed by atoms with Crippen LogP contribution in [0.25, 0.3) is 0 Å². The molecule has 0 aliphatic carbocycles. The fourth-order valence-corrected chi connectivity index (χ4v) is 3.13. The van der Waals surface area contributed by atoms with Gasteiger partial charge in [-0.15, -0.1) is 0 Å². The lowest BCUT2D eigenvalue weighted by molar-refractivity contribution is -0.137. The topological polar surface area (TPSA) is 60.4 Å². The van der Waals surface area contributed by atoms with E-state index in [1.807, 2.05) is 0 Å². The first-order valence-electron chi connectivity index (χ1n) is 4.58. The molecule has 0 aromatic heterocycles. The monoisotopic (exact) mass is 226 g/mol. The summed E-state index contributed by atoms with van der Waals surface area (Å²) in [4.78, 5) is 11.4. The molecule has 1 aliphatic heterocycles. The fourth-order valence-electron chi connectivity index (χ4n) is 1.53. The van der Waals surface area contributed by atoms with E-state index in [0.29, 0.717) is 0 Å². The molecule has 1 fully saturated rings. The maximum atomic E-state index is 11.9. The third-order valence-electron chi connectivity index (χ3n) is 2.33. The van der Waals surface area contributed by atoms with Crippen LogP contribution in [0.15, 0.2) is 35.2 Å². The molecule has 1 aromatic carbocycles. The standard InChI is InChI=1S/C10H10O4S/c11-10-9(6-7-14-10)15(12,13)8-4-2-1-3-5-8/h1-5,9H,6-7H2. The number of ether oxygens (including phenoxy) is 1. The molecule has 1 saturated heterocycles. The van der Waals surface area contributed by atoms with Gasteiger partial charge in [-0.05, 0) is 12.1 Å². The Balaban J connectivity index is 2.40. The van der Waals surface area contributed by atoms with Crippen molar-refractivity contribution in [2.45, 2.75) is 16.6 Å². The molecule has 1 aliphatic rings. The number of carbonyl (C=O) groups excluding carboxylic acids is 1. The van der Waals surface area contributed by atoms with Crippen LogP contribution in [0.5, 0.6) is 0 Å². The highest BCUT2D eigenvalue weighted by atomic mass is 32.2. The minimum absolute atomic E-state index is 0.175. The SMILES string of the molecule is O=C1OCCC1S(=O)(=O)c1ccccc1. The van der Waals surface area contributed by atoms with Crippen molar-refractivity contribution < 1.29 is 17.9 Å². The normalized spacial score (nSPS) is 21.3. The molecule has 5 heteroatoms. The van der Waals surface area contributed by atoms with Gasteiger partial charge in [0.25, 0.3) is 0 Å². The van der Waals surface area contributed by atoms with E-state index >= 15 is 0 Å². The third-order valence-corrected chi connectivity index (χ3v) is 4.44. The third kappa shape index (κ3) is 1.74. The molecule has 80 valence electrons. The highest BCUT2D eigenvalue weighted by Crippen LogP contribution is 2.22. The van der Waals surface area contributed by atoms with Crippen LogP contribution in [-0.4, -0.2) is 26.2 Å². The summed E-state index contributed by atoms with van der Waals surface area (Å²) in [6.45, 7) is 0.190. The van der Waals surface area contributed by atoms with Crippen LogP contribution in [0.3, 0.4) is 0 Å². The number of cyclic esters (lactones) is 1. The van der Waals surface area contributed by atoms with E-state index in [1.54, 1.807) is 18.2 Å². The predicted molar refractivity (Wildman–Crippen MR) is 53.0 cm³/mol. The molecule has 15 heavy (non-hydrogen) atoms. The van der Waals surface area contributed by atoms with Gasteiger partial charge in [-0.1, -0.05) is 18.2 Å². The first-order chi connectivity index (χ1) is 7.12. The van der Waals surface area contributed by atoms with Crippen molar-refractivity contribution in [2.24, 2.45) is 0 Å². The number of esters is 1. The van der Waals surface area contributed by atoms with E-state index in [-0.39, 0.29) is 17.9 Å². The van der Waals surface area contributed by atoms with Gasteiger partial charge in [0, 0.05) is 6.42 Å². The number of carbonyl (C=O) groups is 1. The second-order valence-corrected chi connectivity index (χ2v) is 5.43. The van der Waals surface area contributed by atoms with Crippen molar-refractivity contribution in [3.05, 3.63) is 30.3 Å². The summed E-state index contributed by atoms with van der Waals surface area (Å²) in [5.74, 6) is -0.640. The van der Waals surface area contributed by atoms with Gasteiger partial charge in [0.1, 0.15) is 0 Å². The Kier molecular flexibility index (Phi) is 2.48. The average molecular weight is 226 g/mol. The number of hydrogen-bond donors (Lipinski definition) is 0. The minimum Gasteiger partial charge on any atom is -0.465 e. The molecular formula is C10H10O4S. The maximum absolute atomic E-state index is 11.9. The number of sulfone groups is 1. The Bertz CT molecular complexity index is 463. The van der Waals surface area contributed by atoms with Gasteiger partial charge in [-0.2, -0.15) is 0 Å². The molecule has 1 aromatic rings. The van der Waals surface area contributed by atoms with Crippen LogP contribution in [0.4, 0.5) is 0 Å². The quantitative estimate of drug-likeness (QED) is 0.699.